The fourth-order valence-corrected chi connectivity index (χ4v) is 5.43. The second kappa shape index (κ2) is 10.5. The van der Waals surface area contributed by atoms with E-state index in [9.17, 15) is 14.7 Å². The van der Waals surface area contributed by atoms with E-state index in [0.717, 1.165) is 27.3 Å². The van der Waals surface area contributed by atoms with Crippen molar-refractivity contribution in [2.75, 3.05) is 6.54 Å². The third-order valence-electron chi connectivity index (χ3n) is 6.38. The predicted octanol–water partition coefficient (Wildman–Crippen LogP) is 4.14. The Hall–Kier alpha value is -3.03. The maximum Gasteiger partial charge on any atom is 0.243 e. The van der Waals surface area contributed by atoms with E-state index in [1.54, 1.807) is 16.2 Å². The number of aliphatic hydroxyl groups excluding tert-OH is 1. The van der Waals surface area contributed by atoms with E-state index in [-0.39, 0.29) is 36.6 Å². The summed E-state index contributed by atoms with van der Waals surface area (Å²) in [5.74, 6) is -0.633. The van der Waals surface area contributed by atoms with Gasteiger partial charge in [-0.3, -0.25) is 9.59 Å². The molecule has 4 rings (SSSR count). The molecule has 1 fully saturated rings. The highest BCUT2D eigenvalue weighted by molar-refractivity contribution is 7.13. The maximum absolute atomic E-state index is 13.5. The van der Waals surface area contributed by atoms with Gasteiger partial charge in [-0.1, -0.05) is 68.4 Å². The molecule has 34 heavy (non-hydrogen) atoms. The molecular weight excluding hydrogens is 446 g/mol. The van der Waals surface area contributed by atoms with Crippen LogP contribution in [0.2, 0.25) is 0 Å². The Bertz CT molecular complexity index is 1130. The SMILES string of the molecule is Cc1ncsc1-c1ccc(CNC(=O)[C@@H]2C[C@@H](O)CN2C(=O)[C@@H](c2ccccc2)C(C)C)cc1. The number of amides is 2. The highest BCUT2D eigenvalue weighted by atomic mass is 32.1. The lowest BCUT2D eigenvalue weighted by Gasteiger charge is -2.30. The minimum Gasteiger partial charge on any atom is -0.391 e. The number of aromatic nitrogens is 1. The lowest BCUT2D eigenvalue weighted by Crippen LogP contribution is -2.48. The van der Waals surface area contributed by atoms with Crippen LogP contribution in [0.3, 0.4) is 0 Å². The highest BCUT2D eigenvalue weighted by Crippen LogP contribution is 2.31. The normalized spacial score (nSPS) is 18.8. The van der Waals surface area contributed by atoms with E-state index >= 15 is 0 Å². The van der Waals surface area contributed by atoms with Gasteiger partial charge in [0, 0.05) is 19.5 Å². The third kappa shape index (κ3) is 5.21. The summed E-state index contributed by atoms with van der Waals surface area (Å²) in [6.07, 6.45) is -0.453. The Morgan fingerprint density at radius 3 is 2.47 bits per heavy atom. The van der Waals surface area contributed by atoms with Crippen molar-refractivity contribution in [2.45, 2.75) is 51.8 Å². The Labute approximate surface area is 204 Å². The molecular formula is C27H31N3O3S. The molecule has 0 bridgehead atoms. The topological polar surface area (TPSA) is 82.5 Å². The molecule has 2 amide bonds. The Morgan fingerprint density at radius 2 is 1.85 bits per heavy atom. The number of thiazole rings is 1. The number of nitrogens with one attached hydrogen (secondary N) is 1. The molecule has 1 aliphatic heterocycles. The van der Waals surface area contributed by atoms with Gasteiger partial charge in [0.2, 0.25) is 11.8 Å². The molecule has 1 aliphatic rings. The summed E-state index contributed by atoms with van der Waals surface area (Å²) in [7, 11) is 0. The number of carbonyl (C=O) groups excluding carboxylic acids is 2. The Morgan fingerprint density at radius 1 is 1.15 bits per heavy atom. The van der Waals surface area contributed by atoms with Crippen LogP contribution in [-0.4, -0.2) is 45.5 Å². The molecule has 0 unspecified atom stereocenters. The molecule has 0 aliphatic carbocycles. The fraction of sp³-hybridized carbons (Fsp3) is 0.370. The molecule has 3 atom stereocenters. The van der Waals surface area contributed by atoms with Gasteiger partial charge in [0.25, 0.3) is 0 Å². The minimum absolute atomic E-state index is 0.0667. The first kappa shape index (κ1) is 24.1. The molecule has 0 spiro atoms. The number of β-amino-alcohol motifs (C(OH)–C–C–N with tert-alkyl or cyclic N) is 1. The van der Waals surface area contributed by atoms with Crippen LogP contribution in [0.25, 0.3) is 10.4 Å². The molecule has 0 saturated carbocycles. The van der Waals surface area contributed by atoms with Crippen molar-refractivity contribution in [3.8, 4) is 10.4 Å². The minimum atomic E-state index is -0.704. The van der Waals surface area contributed by atoms with Gasteiger partial charge in [0.05, 0.1) is 28.1 Å². The molecule has 7 heteroatoms. The summed E-state index contributed by atoms with van der Waals surface area (Å²) in [6.45, 7) is 6.55. The summed E-state index contributed by atoms with van der Waals surface area (Å²) in [5.41, 5.74) is 5.85. The van der Waals surface area contributed by atoms with Crippen molar-refractivity contribution in [1.29, 1.82) is 0 Å². The van der Waals surface area contributed by atoms with Crippen molar-refractivity contribution in [3.63, 3.8) is 0 Å². The number of hydrogen-bond acceptors (Lipinski definition) is 5. The van der Waals surface area contributed by atoms with Crippen molar-refractivity contribution in [1.82, 2.24) is 15.2 Å². The Balaban J connectivity index is 1.43. The van der Waals surface area contributed by atoms with Gasteiger partial charge in [-0.2, -0.15) is 0 Å². The van der Waals surface area contributed by atoms with Crippen molar-refractivity contribution < 1.29 is 14.7 Å². The maximum atomic E-state index is 13.5. The first-order valence-corrected chi connectivity index (χ1v) is 12.5. The number of hydrogen-bond donors (Lipinski definition) is 2. The van der Waals surface area contributed by atoms with Gasteiger partial charge < -0.3 is 15.3 Å². The van der Waals surface area contributed by atoms with Crippen LogP contribution in [0.15, 0.2) is 60.1 Å². The lowest BCUT2D eigenvalue weighted by molar-refractivity contribution is -0.140. The average Bonchev–Trinajstić information content (AvgIpc) is 3.44. The number of aliphatic hydroxyl groups is 1. The van der Waals surface area contributed by atoms with Gasteiger partial charge in [-0.05, 0) is 29.5 Å². The van der Waals surface area contributed by atoms with Crippen molar-refractivity contribution in [3.05, 3.63) is 76.9 Å². The van der Waals surface area contributed by atoms with E-state index < -0.39 is 12.1 Å². The molecule has 1 saturated heterocycles. The highest BCUT2D eigenvalue weighted by Gasteiger charge is 2.42. The number of likely N-dealkylation sites (tertiary alicyclic amines) is 1. The number of benzene rings is 2. The first-order valence-electron chi connectivity index (χ1n) is 11.7. The van der Waals surface area contributed by atoms with E-state index in [4.69, 9.17) is 0 Å². The van der Waals surface area contributed by atoms with E-state index in [1.165, 1.54) is 0 Å². The van der Waals surface area contributed by atoms with Crippen LogP contribution in [0.4, 0.5) is 0 Å². The molecule has 178 valence electrons. The largest absolute Gasteiger partial charge is 0.391 e. The van der Waals surface area contributed by atoms with Crippen molar-refractivity contribution >= 4 is 23.2 Å². The zero-order chi connectivity index (χ0) is 24.2. The van der Waals surface area contributed by atoms with E-state index in [0.29, 0.717) is 6.54 Å². The summed E-state index contributed by atoms with van der Waals surface area (Å²) in [5, 5.41) is 13.3. The monoisotopic (exact) mass is 477 g/mol. The van der Waals surface area contributed by atoms with Crippen LogP contribution in [0, 0.1) is 12.8 Å². The van der Waals surface area contributed by atoms with Crippen molar-refractivity contribution in [2.24, 2.45) is 5.92 Å². The van der Waals surface area contributed by atoms with Gasteiger partial charge in [0.1, 0.15) is 6.04 Å². The van der Waals surface area contributed by atoms with Crippen LogP contribution >= 0.6 is 11.3 Å². The second-order valence-corrected chi connectivity index (χ2v) is 10.1. The molecule has 2 aromatic carbocycles. The summed E-state index contributed by atoms with van der Waals surface area (Å²) >= 11 is 1.61. The number of nitrogens with zero attached hydrogens (tertiary/aromatic N) is 2. The fourth-order valence-electron chi connectivity index (χ4n) is 4.62. The van der Waals surface area contributed by atoms with Gasteiger partial charge in [-0.25, -0.2) is 4.98 Å². The number of carbonyl (C=O) groups is 2. The van der Waals surface area contributed by atoms with Gasteiger partial charge in [-0.15, -0.1) is 11.3 Å². The Kier molecular flexibility index (Phi) is 7.44. The van der Waals surface area contributed by atoms with Crippen LogP contribution in [0.5, 0.6) is 0 Å². The first-order chi connectivity index (χ1) is 16.3. The molecule has 1 aromatic heterocycles. The smallest absolute Gasteiger partial charge is 0.243 e. The zero-order valence-corrected chi connectivity index (χ0v) is 20.6. The van der Waals surface area contributed by atoms with Crippen LogP contribution in [-0.2, 0) is 16.1 Å². The van der Waals surface area contributed by atoms with E-state index in [1.807, 2.05) is 80.9 Å². The lowest BCUT2D eigenvalue weighted by atomic mass is 9.87. The summed E-state index contributed by atoms with van der Waals surface area (Å²) in [4.78, 5) is 33.6. The molecule has 2 N–H and O–H groups in total. The standard InChI is InChI=1S/C27H31N3O3S/c1-17(2)24(20-7-5-4-6-8-20)27(33)30-15-22(31)13-23(30)26(32)28-14-19-9-11-21(12-10-19)25-18(3)29-16-34-25/h4-12,16-17,22-24,31H,13-15H2,1-3H3,(H,28,32)/t22-,23+,24-/m1/s1. The third-order valence-corrected chi connectivity index (χ3v) is 7.36. The van der Waals surface area contributed by atoms with Gasteiger partial charge in [0.15, 0.2) is 0 Å². The molecule has 3 aromatic rings. The summed E-state index contributed by atoms with van der Waals surface area (Å²) < 4.78 is 0. The summed E-state index contributed by atoms with van der Waals surface area (Å²) in [6, 6.07) is 17.0. The molecule has 2 heterocycles. The van der Waals surface area contributed by atoms with E-state index in [2.05, 4.69) is 10.3 Å². The predicted molar refractivity (Wildman–Crippen MR) is 134 cm³/mol. The quantitative estimate of drug-likeness (QED) is 0.536. The second-order valence-electron chi connectivity index (χ2n) is 9.21. The van der Waals surface area contributed by atoms with Crippen LogP contribution in [0.1, 0.15) is 43.0 Å². The van der Waals surface area contributed by atoms with Crippen LogP contribution < -0.4 is 5.32 Å². The molecule has 0 radical (unpaired) electrons. The van der Waals surface area contributed by atoms with Gasteiger partial charge >= 0.3 is 0 Å². The zero-order valence-electron chi connectivity index (χ0n) is 19.8. The number of rotatable bonds is 7. The average molecular weight is 478 g/mol. The number of aryl methyl sites for hydroxylation is 1. The molecule has 6 nitrogen and oxygen atoms in total.